The molecule has 0 aromatic heterocycles. The first-order valence-corrected chi connectivity index (χ1v) is 7.83. The third-order valence-corrected chi connectivity index (χ3v) is 4.35. The van der Waals surface area contributed by atoms with Gasteiger partial charge in [0, 0.05) is 6.54 Å². The smallest absolute Gasteiger partial charge is 0.230 e. The van der Waals surface area contributed by atoms with Crippen molar-refractivity contribution in [2.24, 2.45) is 28.6 Å². The molecule has 1 atom stereocenters. The van der Waals surface area contributed by atoms with Crippen LogP contribution in [0.25, 0.3) is 0 Å². The third kappa shape index (κ3) is 5.39. The highest BCUT2D eigenvalue weighted by Crippen LogP contribution is 2.29. The maximum absolute atomic E-state index is 12.0. The summed E-state index contributed by atoms with van der Waals surface area (Å²) < 4.78 is 0. The van der Waals surface area contributed by atoms with Crippen molar-refractivity contribution in [1.82, 2.24) is 5.32 Å². The summed E-state index contributed by atoms with van der Waals surface area (Å²) in [6, 6.07) is 0. The van der Waals surface area contributed by atoms with Crippen LogP contribution in [0.1, 0.15) is 58.8 Å². The van der Waals surface area contributed by atoms with Gasteiger partial charge in [-0.25, -0.2) is 0 Å². The minimum absolute atomic E-state index is 0.0100. The van der Waals surface area contributed by atoms with Gasteiger partial charge in [0.05, 0.1) is 5.92 Å². The predicted octanol–water partition coefficient (Wildman–Crippen LogP) is 2.48. The number of carbonyl (C=O) groups is 1. The van der Waals surface area contributed by atoms with Crippen molar-refractivity contribution in [1.29, 1.82) is 0 Å². The molecule has 1 saturated carbocycles. The lowest BCUT2D eigenvalue weighted by molar-refractivity contribution is -0.123. The summed E-state index contributed by atoms with van der Waals surface area (Å²) in [7, 11) is 0. The first kappa shape index (κ1) is 16.8. The van der Waals surface area contributed by atoms with Crippen molar-refractivity contribution in [3.63, 3.8) is 0 Å². The van der Waals surface area contributed by atoms with Crippen LogP contribution in [-0.2, 0) is 4.79 Å². The fourth-order valence-corrected chi connectivity index (χ4v) is 2.91. The Morgan fingerprint density at radius 2 is 2.05 bits per heavy atom. The summed E-state index contributed by atoms with van der Waals surface area (Å²) in [6.45, 7) is 4.98. The molecule has 0 saturated heterocycles. The van der Waals surface area contributed by atoms with Gasteiger partial charge in [0.15, 0.2) is 5.84 Å². The van der Waals surface area contributed by atoms with E-state index in [2.05, 4.69) is 17.4 Å². The summed E-state index contributed by atoms with van der Waals surface area (Å²) >= 11 is 0. The molecule has 0 heterocycles. The average Bonchev–Trinajstić information content (AvgIpc) is 2.46. The number of amidine groups is 1. The molecule has 0 aromatic carbocycles. The number of amides is 1. The molecule has 1 aliphatic rings. The summed E-state index contributed by atoms with van der Waals surface area (Å²) in [6.07, 6.45) is 7.64. The van der Waals surface area contributed by atoms with Gasteiger partial charge in [0.2, 0.25) is 5.91 Å². The Balaban J connectivity index is 2.30. The van der Waals surface area contributed by atoms with E-state index in [1.165, 1.54) is 25.7 Å². The van der Waals surface area contributed by atoms with E-state index in [0.29, 0.717) is 13.0 Å². The van der Waals surface area contributed by atoms with E-state index in [4.69, 9.17) is 10.9 Å². The molecule has 4 N–H and O–H groups in total. The fraction of sp³-hybridized carbons (Fsp3) is 0.867. The van der Waals surface area contributed by atoms with E-state index in [-0.39, 0.29) is 11.7 Å². The van der Waals surface area contributed by atoms with Crippen molar-refractivity contribution in [3.8, 4) is 0 Å². The Labute approximate surface area is 122 Å². The van der Waals surface area contributed by atoms with Gasteiger partial charge >= 0.3 is 0 Å². The van der Waals surface area contributed by atoms with E-state index >= 15 is 0 Å². The number of nitrogens with two attached hydrogens (primary N) is 1. The summed E-state index contributed by atoms with van der Waals surface area (Å²) in [4.78, 5) is 12.0. The maximum atomic E-state index is 12.0. The third-order valence-electron chi connectivity index (χ3n) is 4.35. The van der Waals surface area contributed by atoms with Crippen LogP contribution in [0.2, 0.25) is 0 Å². The molecular weight excluding hydrogens is 254 g/mol. The zero-order chi connectivity index (χ0) is 15.0. The van der Waals surface area contributed by atoms with Gasteiger partial charge in [-0.3, -0.25) is 4.79 Å². The van der Waals surface area contributed by atoms with Crippen molar-refractivity contribution in [3.05, 3.63) is 0 Å². The maximum Gasteiger partial charge on any atom is 0.230 e. The molecule has 5 nitrogen and oxygen atoms in total. The number of hydrogen-bond acceptors (Lipinski definition) is 3. The highest BCUT2D eigenvalue weighted by molar-refractivity contribution is 6.01. The predicted molar refractivity (Wildman–Crippen MR) is 80.6 cm³/mol. The van der Waals surface area contributed by atoms with E-state index in [1.54, 1.807) is 0 Å². The molecule has 0 radical (unpaired) electrons. The van der Waals surface area contributed by atoms with Crippen LogP contribution in [0, 0.1) is 17.8 Å². The standard InChI is InChI=1S/C15H29N3O2/c1-3-4-13(14(16)18-20)15(19)17-10-9-12-7-5-11(2)6-8-12/h11-13,20H,3-10H2,1-2H3,(H2,16,18)(H,17,19). The highest BCUT2D eigenvalue weighted by atomic mass is 16.4. The van der Waals surface area contributed by atoms with Gasteiger partial charge in [0.1, 0.15) is 0 Å². The number of nitrogens with one attached hydrogen (secondary N) is 1. The molecule has 20 heavy (non-hydrogen) atoms. The summed E-state index contributed by atoms with van der Waals surface area (Å²) in [5.41, 5.74) is 5.57. The fourth-order valence-electron chi connectivity index (χ4n) is 2.91. The summed E-state index contributed by atoms with van der Waals surface area (Å²) in [5, 5.41) is 14.6. The first-order chi connectivity index (χ1) is 9.58. The second kappa shape index (κ2) is 8.82. The second-order valence-corrected chi connectivity index (χ2v) is 6.07. The van der Waals surface area contributed by atoms with E-state index < -0.39 is 5.92 Å². The topological polar surface area (TPSA) is 87.7 Å². The molecule has 5 heteroatoms. The van der Waals surface area contributed by atoms with Crippen molar-refractivity contribution in [2.45, 2.75) is 58.8 Å². The van der Waals surface area contributed by atoms with Crippen LogP contribution in [-0.4, -0.2) is 23.5 Å². The molecule has 0 spiro atoms. The Kier molecular flexibility index (Phi) is 7.41. The molecule has 1 unspecified atom stereocenters. The summed E-state index contributed by atoms with van der Waals surface area (Å²) in [5.74, 6) is 0.980. The average molecular weight is 283 g/mol. The van der Waals surface area contributed by atoms with E-state index in [1.807, 2.05) is 6.92 Å². The lowest BCUT2D eigenvalue weighted by atomic mass is 9.81. The number of nitrogens with zero attached hydrogens (tertiary/aromatic N) is 1. The van der Waals surface area contributed by atoms with Gasteiger partial charge in [-0.1, -0.05) is 51.1 Å². The van der Waals surface area contributed by atoms with Gasteiger partial charge < -0.3 is 16.3 Å². The molecule has 0 bridgehead atoms. The van der Waals surface area contributed by atoms with Crippen LogP contribution in [0.5, 0.6) is 0 Å². The number of hydrogen-bond donors (Lipinski definition) is 3. The Hall–Kier alpha value is -1.26. The van der Waals surface area contributed by atoms with E-state index in [0.717, 1.165) is 24.7 Å². The first-order valence-electron chi connectivity index (χ1n) is 7.83. The van der Waals surface area contributed by atoms with Crippen LogP contribution < -0.4 is 11.1 Å². The Bertz CT molecular complexity index is 323. The monoisotopic (exact) mass is 283 g/mol. The largest absolute Gasteiger partial charge is 0.409 e. The van der Waals surface area contributed by atoms with Crippen LogP contribution in [0.3, 0.4) is 0 Å². The van der Waals surface area contributed by atoms with Gasteiger partial charge in [-0.2, -0.15) is 0 Å². The molecule has 1 fully saturated rings. The van der Waals surface area contributed by atoms with Crippen LogP contribution in [0.4, 0.5) is 0 Å². The van der Waals surface area contributed by atoms with Crippen molar-refractivity contribution in [2.75, 3.05) is 6.54 Å². The Morgan fingerprint density at radius 1 is 1.40 bits per heavy atom. The van der Waals surface area contributed by atoms with Crippen molar-refractivity contribution >= 4 is 11.7 Å². The Morgan fingerprint density at radius 3 is 2.60 bits per heavy atom. The van der Waals surface area contributed by atoms with Gasteiger partial charge in [-0.15, -0.1) is 0 Å². The van der Waals surface area contributed by atoms with E-state index in [9.17, 15) is 4.79 Å². The van der Waals surface area contributed by atoms with Crippen molar-refractivity contribution < 1.29 is 10.0 Å². The number of oxime groups is 1. The highest BCUT2D eigenvalue weighted by Gasteiger charge is 2.23. The van der Waals surface area contributed by atoms with Crippen LogP contribution >= 0.6 is 0 Å². The van der Waals surface area contributed by atoms with Gasteiger partial charge in [0.25, 0.3) is 0 Å². The minimum Gasteiger partial charge on any atom is -0.409 e. The molecular formula is C15H29N3O2. The zero-order valence-electron chi connectivity index (χ0n) is 12.8. The molecule has 1 aliphatic carbocycles. The zero-order valence-corrected chi connectivity index (χ0v) is 12.8. The molecule has 0 aromatic rings. The SMILES string of the molecule is CCCC(C(=O)NCCC1CCC(C)CC1)C(N)=NO. The number of rotatable bonds is 7. The van der Waals surface area contributed by atoms with Gasteiger partial charge in [-0.05, 0) is 24.7 Å². The molecule has 0 aliphatic heterocycles. The second-order valence-electron chi connectivity index (χ2n) is 6.07. The lowest BCUT2D eigenvalue weighted by Gasteiger charge is -2.26. The normalized spacial score (nSPS) is 25.2. The quantitative estimate of drug-likeness (QED) is 0.290. The van der Waals surface area contributed by atoms with Crippen LogP contribution in [0.15, 0.2) is 5.16 Å². The lowest BCUT2D eigenvalue weighted by Crippen LogP contribution is -2.39. The molecule has 116 valence electrons. The number of carbonyl (C=O) groups excluding carboxylic acids is 1. The molecule has 1 rings (SSSR count). The minimum atomic E-state index is -0.503. The molecule has 1 amide bonds.